The Morgan fingerprint density at radius 3 is 2.54 bits per heavy atom. The van der Waals surface area contributed by atoms with Crippen molar-refractivity contribution in [1.82, 2.24) is 10.9 Å². The van der Waals surface area contributed by atoms with E-state index in [1.807, 2.05) is 17.5 Å². The number of esters is 1. The van der Waals surface area contributed by atoms with Crippen LogP contribution in [0.5, 0.6) is 0 Å². The Morgan fingerprint density at radius 2 is 1.88 bits per heavy atom. The zero-order chi connectivity index (χ0) is 17.4. The predicted molar refractivity (Wildman–Crippen MR) is 91.4 cm³/mol. The molecule has 0 aliphatic carbocycles. The summed E-state index contributed by atoms with van der Waals surface area (Å²) in [5.41, 5.74) is 4.69. The Morgan fingerprint density at radius 1 is 1.12 bits per heavy atom. The van der Waals surface area contributed by atoms with Gasteiger partial charge in [0.2, 0.25) is 0 Å². The van der Waals surface area contributed by atoms with E-state index in [1.54, 1.807) is 18.2 Å². The summed E-state index contributed by atoms with van der Waals surface area (Å²) in [5, 5.41) is 2.38. The normalized spacial score (nSPS) is 10.4. The Kier molecular flexibility index (Phi) is 6.53. The summed E-state index contributed by atoms with van der Waals surface area (Å²) in [6.45, 7) is -0.505. The number of thiophene rings is 1. The number of nitrogens with one attached hydrogen (secondary N) is 2. The van der Waals surface area contributed by atoms with Gasteiger partial charge in [0, 0.05) is 21.5 Å². The summed E-state index contributed by atoms with van der Waals surface area (Å²) in [7, 11) is 0. The summed E-state index contributed by atoms with van der Waals surface area (Å²) in [5.74, 6) is -1.82. The molecular formula is C16H13ClN2O4S. The van der Waals surface area contributed by atoms with Gasteiger partial charge >= 0.3 is 5.97 Å². The van der Waals surface area contributed by atoms with E-state index in [1.165, 1.54) is 29.5 Å². The number of amides is 2. The van der Waals surface area contributed by atoms with Crippen molar-refractivity contribution >= 4 is 46.8 Å². The quantitative estimate of drug-likeness (QED) is 0.485. The Hall–Kier alpha value is -2.64. The van der Waals surface area contributed by atoms with Crippen molar-refractivity contribution in [1.29, 1.82) is 0 Å². The van der Waals surface area contributed by atoms with Crippen molar-refractivity contribution in [3.05, 3.63) is 63.3 Å². The smallest absolute Gasteiger partial charge is 0.331 e. The Labute approximate surface area is 147 Å². The predicted octanol–water partition coefficient (Wildman–Crippen LogP) is 2.42. The van der Waals surface area contributed by atoms with Gasteiger partial charge in [0.15, 0.2) is 6.61 Å². The number of carbonyl (C=O) groups is 3. The van der Waals surface area contributed by atoms with Gasteiger partial charge in [-0.05, 0) is 41.8 Å². The number of benzene rings is 1. The first kappa shape index (κ1) is 17.7. The van der Waals surface area contributed by atoms with Crippen LogP contribution < -0.4 is 10.9 Å². The van der Waals surface area contributed by atoms with Crippen molar-refractivity contribution in [3.63, 3.8) is 0 Å². The minimum absolute atomic E-state index is 0.329. The SMILES string of the molecule is O=C(COC(=O)/C=C/c1cccs1)NNC(=O)c1ccc(Cl)cc1. The van der Waals surface area contributed by atoms with Gasteiger partial charge in [0.1, 0.15) is 0 Å². The van der Waals surface area contributed by atoms with Crippen LogP contribution in [0.4, 0.5) is 0 Å². The number of halogens is 1. The molecule has 24 heavy (non-hydrogen) atoms. The average Bonchev–Trinajstić information content (AvgIpc) is 3.10. The zero-order valence-corrected chi connectivity index (χ0v) is 13.9. The molecule has 0 atom stereocenters. The summed E-state index contributed by atoms with van der Waals surface area (Å²) >= 11 is 7.19. The molecule has 0 unspecified atom stereocenters. The van der Waals surface area contributed by atoms with Gasteiger partial charge in [-0.1, -0.05) is 17.7 Å². The molecule has 8 heteroatoms. The van der Waals surface area contributed by atoms with Crippen molar-refractivity contribution in [3.8, 4) is 0 Å². The minimum Gasteiger partial charge on any atom is -0.452 e. The maximum absolute atomic E-state index is 11.7. The molecule has 2 aromatic rings. The molecule has 1 aromatic heterocycles. The first-order chi connectivity index (χ1) is 11.5. The van der Waals surface area contributed by atoms with Crippen LogP contribution in [0.3, 0.4) is 0 Å². The number of hydrazine groups is 1. The highest BCUT2D eigenvalue weighted by atomic mass is 35.5. The topological polar surface area (TPSA) is 84.5 Å². The van der Waals surface area contributed by atoms with Crippen LogP contribution in [0, 0.1) is 0 Å². The van der Waals surface area contributed by atoms with E-state index < -0.39 is 24.4 Å². The van der Waals surface area contributed by atoms with E-state index in [9.17, 15) is 14.4 Å². The summed E-state index contributed by atoms with van der Waals surface area (Å²) in [6, 6.07) is 9.83. The third-order valence-electron chi connectivity index (χ3n) is 2.69. The Balaban J connectivity index is 1.70. The second-order valence-electron chi connectivity index (χ2n) is 4.47. The van der Waals surface area contributed by atoms with Crippen LogP contribution in [0.2, 0.25) is 5.02 Å². The van der Waals surface area contributed by atoms with E-state index in [0.29, 0.717) is 10.6 Å². The third-order valence-corrected chi connectivity index (χ3v) is 3.78. The lowest BCUT2D eigenvalue weighted by Crippen LogP contribution is -2.43. The van der Waals surface area contributed by atoms with Crippen LogP contribution in [0.1, 0.15) is 15.2 Å². The maximum Gasteiger partial charge on any atom is 0.331 e. The second-order valence-corrected chi connectivity index (χ2v) is 5.88. The monoisotopic (exact) mass is 364 g/mol. The van der Waals surface area contributed by atoms with Gasteiger partial charge in [-0.2, -0.15) is 0 Å². The molecule has 0 aliphatic heterocycles. The summed E-state index contributed by atoms with van der Waals surface area (Å²) < 4.78 is 4.75. The van der Waals surface area contributed by atoms with Gasteiger partial charge in [0.05, 0.1) is 0 Å². The molecule has 0 aliphatic rings. The van der Waals surface area contributed by atoms with Crippen molar-refractivity contribution in [2.45, 2.75) is 0 Å². The fourth-order valence-electron chi connectivity index (χ4n) is 1.56. The number of hydrogen-bond donors (Lipinski definition) is 2. The fraction of sp³-hybridized carbons (Fsp3) is 0.0625. The van der Waals surface area contributed by atoms with Gasteiger partial charge in [0.25, 0.3) is 11.8 Å². The van der Waals surface area contributed by atoms with Crippen LogP contribution in [-0.2, 0) is 14.3 Å². The molecule has 124 valence electrons. The van der Waals surface area contributed by atoms with E-state index in [-0.39, 0.29) is 0 Å². The highest BCUT2D eigenvalue weighted by Crippen LogP contribution is 2.10. The molecule has 0 spiro atoms. The van der Waals surface area contributed by atoms with E-state index in [4.69, 9.17) is 16.3 Å². The molecule has 6 nitrogen and oxygen atoms in total. The Bertz CT molecular complexity index is 742. The van der Waals surface area contributed by atoms with Gasteiger partial charge < -0.3 is 4.74 Å². The fourth-order valence-corrected chi connectivity index (χ4v) is 2.30. The molecule has 0 saturated carbocycles. The zero-order valence-electron chi connectivity index (χ0n) is 12.3. The molecule has 2 rings (SSSR count). The van der Waals surface area contributed by atoms with Crippen LogP contribution in [-0.4, -0.2) is 24.4 Å². The summed E-state index contributed by atoms with van der Waals surface area (Å²) in [4.78, 5) is 35.6. The van der Waals surface area contributed by atoms with Crippen LogP contribution >= 0.6 is 22.9 Å². The average molecular weight is 365 g/mol. The van der Waals surface area contributed by atoms with Crippen LogP contribution in [0.15, 0.2) is 47.9 Å². The first-order valence-electron chi connectivity index (χ1n) is 6.77. The molecular weight excluding hydrogens is 352 g/mol. The molecule has 0 saturated heterocycles. The lowest BCUT2D eigenvalue weighted by molar-refractivity contribution is -0.144. The molecule has 0 bridgehead atoms. The standard InChI is InChI=1S/C16H13ClN2O4S/c17-12-5-3-11(4-6-12)16(22)19-18-14(20)10-23-15(21)8-7-13-2-1-9-24-13/h1-9H,10H2,(H,18,20)(H,19,22)/b8-7+. The molecule has 2 N–H and O–H groups in total. The summed E-state index contributed by atoms with van der Waals surface area (Å²) in [6.07, 6.45) is 2.82. The molecule has 1 heterocycles. The lowest BCUT2D eigenvalue weighted by atomic mass is 10.2. The second kappa shape index (κ2) is 8.85. The van der Waals surface area contributed by atoms with E-state index >= 15 is 0 Å². The van der Waals surface area contributed by atoms with Gasteiger partial charge in [-0.3, -0.25) is 20.4 Å². The van der Waals surface area contributed by atoms with Gasteiger partial charge in [-0.15, -0.1) is 11.3 Å². The maximum atomic E-state index is 11.7. The van der Waals surface area contributed by atoms with Crippen molar-refractivity contribution in [2.24, 2.45) is 0 Å². The number of carbonyl (C=O) groups excluding carboxylic acids is 3. The van der Waals surface area contributed by atoms with Crippen LogP contribution in [0.25, 0.3) is 6.08 Å². The van der Waals surface area contributed by atoms with Gasteiger partial charge in [-0.25, -0.2) is 4.79 Å². The van der Waals surface area contributed by atoms with E-state index in [2.05, 4.69) is 10.9 Å². The molecule has 2 amide bonds. The number of rotatable bonds is 5. The largest absolute Gasteiger partial charge is 0.452 e. The number of hydrogen-bond acceptors (Lipinski definition) is 5. The van der Waals surface area contributed by atoms with Crippen molar-refractivity contribution in [2.75, 3.05) is 6.61 Å². The van der Waals surface area contributed by atoms with Crippen molar-refractivity contribution < 1.29 is 19.1 Å². The number of ether oxygens (including phenoxy) is 1. The lowest BCUT2D eigenvalue weighted by Gasteiger charge is -2.07. The molecule has 0 fully saturated rings. The highest BCUT2D eigenvalue weighted by molar-refractivity contribution is 7.10. The molecule has 0 radical (unpaired) electrons. The minimum atomic E-state index is -0.657. The molecule has 1 aromatic carbocycles. The third kappa shape index (κ3) is 5.86. The first-order valence-corrected chi connectivity index (χ1v) is 8.03. The highest BCUT2D eigenvalue weighted by Gasteiger charge is 2.08. The van der Waals surface area contributed by atoms with E-state index in [0.717, 1.165) is 4.88 Å².